The highest BCUT2D eigenvalue weighted by molar-refractivity contribution is 7.22. The first-order chi connectivity index (χ1) is 15.6. The maximum absolute atomic E-state index is 5.54. The van der Waals surface area contributed by atoms with Crippen molar-refractivity contribution >= 4 is 39.5 Å². The highest BCUT2D eigenvalue weighted by Crippen LogP contribution is 2.40. The zero-order valence-electron chi connectivity index (χ0n) is 18.3. The zero-order valence-corrected chi connectivity index (χ0v) is 19.1. The Balaban J connectivity index is 1.53. The average molecular weight is 449 g/mol. The van der Waals surface area contributed by atoms with Crippen LogP contribution in [0.5, 0.6) is 0 Å². The number of hydrazone groups is 1. The van der Waals surface area contributed by atoms with E-state index in [4.69, 9.17) is 19.2 Å². The Bertz CT molecular complexity index is 1270. The topological polar surface area (TPSA) is 88.7 Å². The predicted octanol–water partition coefficient (Wildman–Crippen LogP) is 4.55. The molecule has 1 N–H and O–H groups in total. The van der Waals surface area contributed by atoms with E-state index >= 15 is 0 Å². The third-order valence-corrected chi connectivity index (χ3v) is 6.50. The molecule has 4 aromatic rings. The van der Waals surface area contributed by atoms with Crippen molar-refractivity contribution in [1.82, 2.24) is 15.1 Å². The minimum absolute atomic E-state index is 0.464. The van der Waals surface area contributed by atoms with Crippen LogP contribution in [0.2, 0.25) is 0 Å². The van der Waals surface area contributed by atoms with Crippen molar-refractivity contribution in [3.8, 4) is 10.4 Å². The molecule has 0 radical (unpaired) electrons. The van der Waals surface area contributed by atoms with Gasteiger partial charge in [0.2, 0.25) is 5.95 Å². The van der Waals surface area contributed by atoms with Gasteiger partial charge in [0.05, 0.1) is 40.9 Å². The molecule has 1 aliphatic heterocycles. The molecule has 0 atom stereocenters. The molecule has 0 spiro atoms. The number of rotatable bonds is 5. The fourth-order valence-corrected chi connectivity index (χ4v) is 5.09. The summed E-state index contributed by atoms with van der Waals surface area (Å²) in [6.07, 6.45) is 1.78. The second-order valence-corrected chi connectivity index (χ2v) is 8.83. The molecule has 9 heteroatoms. The van der Waals surface area contributed by atoms with Gasteiger partial charge in [0, 0.05) is 18.0 Å². The molecule has 1 saturated heterocycles. The molecule has 0 saturated carbocycles. The van der Waals surface area contributed by atoms with Gasteiger partial charge in [-0.15, -0.1) is 11.3 Å². The smallest absolute Gasteiger partial charge is 0.246 e. The number of anilines is 2. The number of nitrogens with one attached hydrogen (secondary N) is 1. The van der Waals surface area contributed by atoms with Gasteiger partial charge in [0.25, 0.3) is 0 Å². The van der Waals surface area contributed by atoms with E-state index < -0.39 is 0 Å². The second-order valence-electron chi connectivity index (χ2n) is 7.78. The van der Waals surface area contributed by atoms with Gasteiger partial charge in [-0.2, -0.15) is 10.1 Å². The first-order valence-corrected chi connectivity index (χ1v) is 11.3. The molecule has 0 amide bonds. The summed E-state index contributed by atoms with van der Waals surface area (Å²) in [6.45, 7) is 8.89. The Kier molecular flexibility index (Phi) is 5.59. The van der Waals surface area contributed by atoms with Crippen molar-refractivity contribution in [3.63, 3.8) is 0 Å². The van der Waals surface area contributed by atoms with E-state index in [1.54, 1.807) is 17.6 Å². The lowest BCUT2D eigenvalue weighted by Gasteiger charge is -2.28. The van der Waals surface area contributed by atoms with Gasteiger partial charge in [0.15, 0.2) is 5.82 Å². The highest BCUT2D eigenvalue weighted by atomic mass is 32.1. The summed E-state index contributed by atoms with van der Waals surface area (Å²) in [5, 5.41) is 8.47. The molecule has 5 rings (SSSR count). The molecule has 3 aromatic heterocycles. The van der Waals surface area contributed by atoms with Gasteiger partial charge < -0.3 is 14.2 Å². The van der Waals surface area contributed by atoms with Crippen LogP contribution in [0.15, 0.2) is 40.0 Å². The molecule has 0 unspecified atom stereocenters. The van der Waals surface area contributed by atoms with Crippen molar-refractivity contribution in [2.75, 3.05) is 36.6 Å². The number of aryl methyl sites for hydroxylation is 3. The normalized spacial score (nSPS) is 14.5. The summed E-state index contributed by atoms with van der Waals surface area (Å²) >= 11 is 1.66. The van der Waals surface area contributed by atoms with Crippen LogP contribution in [0, 0.1) is 20.8 Å². The van der Waals surface area contributed by atoms with Crippen molar-refractivity contribution in [1.29, 1.82) is 0 Å². The van der Waals surface area contributed by atoms with Crippen molar-refractivity contribution < 1.29 is 9.26 Å². The van der Waals surface area contributed by atoms with Gasteiger partial charge in [-0.05, 0) is 32.4 Å². The Morgan fingerprint density at radius 1 is 1.12 bits per heavy atom. The summed E-state index contributed by atoms with van der Waals surface area (Å²) in [4.78, 5) is 12.9. The van der Waals surface area contributed by atoms with Gasteiger partial charge in [-0.1, -0.05) is 35.0 Å². The van der Waals surface area contributed by atoms with Crippen LogP contribution in [0.1, 0.15) is 22.6 Å². The fraction of sp³-hybridized carbons (Fsp3) is 0.304. The third kappa shape index (κ3) is 4.09. The maximum Gasteiger partial charge on any atom is 0.246 e. The fourth-order valence-electron chi connectivity index (χ4n) is 3.83. The molecule has 1 aromatic carbocycles. The summed E-state index contributed by atoms with van der Waals surface area (Å²) in [5.41, 5.74) is 7.98. The van der Waals surface area contributed by atoms with Crippen LogP contribution in [-0.4, -0.2) is 47.6 Å². The number of thiophene rings is 1. The molecule has 8 nitrogen and oxygen atoms in total. The number of ether oxygens (including phenoxy) is 1. The molecule has 1 aliphatic rings. The Hall–Kier alpha value is -3.30. The van der Waals surface area contributed by atoms with Crippen LogP contribution in [0.25, 0.3) is 20.7 Å². The maximum atomic E-state index is 5.54. The molecule has 164 valence electrons. The van der Waals surface area contributed by atoms with E-state index in [0.29, 0.717) is 19.2 Å². The summed E-state index contributed by atoms with van der Waals surface area (Å²) in [5.74, 6) is 2.16. The van der Waals surface area contributed by atoms with Crippen LogP contribution in [-0.2, 0) is 4.74 Å². The van der Waals surface area contributed by atoms with E-state index in [9.17, 15) is 0 Å². The first kappa shape index (κ1) is 20.6. The number of benzene rings is 1. The van der Waals surface area contributed by atoms with Gasteiger partial charge in [-0.25, -0.2) is 10.4 Å². The number of nitrogens with zero attached hydrogens (tertiary/aromatic N) is 5. The minimum atomic E-state index is 0.464. The summed E-state index contributed by atoms with van der Waals surface area (Å²) < 4.78 is 12.0. The molecule has 4 heterocycles. The quantitative estimate of drug-likeness (QED) is 0.354. The monoisotopic (exact) mass is 448 g/mol. The van der Waals surface area contributed by atoms with E-state index in [2.05, 4.69) is 45.7 Å². The van der Waals surface area contributed by atoms with Crippen molar-refractivity contribution in [2.24, 2.45) is 5.10 Å². The van der Waals surface area contributed by atoms with Crippen LogP contribution >= 0.6 is 11.3 Å². The number of aromatic nitrogens is 3. The summed E-state index contributed by atoms with van der Waals surface area (Å²) in [7, 11) is 0. The van der Waals surface area contributed by atoms with E-state index in [1.165, 1.54) is 5.56 Å². The third-order valence-electron chi connectivity index (χ3n) is 5.36. The lowest BCUT2D eigenvalue weighted by atomic mass is 10.1. The van der Waals surface area contributed by atoms with E-state index in [1.807, 2.05) is 26.0 Å². The van der Waals surface area contributed by atoms with Crippen LogP contribution in [0.3, 0.4) is 0 Å². The Labute approximate surface area is 189 Å². The highest BCUT2D eigenvalue weighted by Gasteiger charge is 2.22. The van der Waals surface area contributed by atoms with E-state index in [-0.39, 0.29) is 0 Å². The molecule has 0 aliphatic carbocycles. The molecular weight excluding hydrogens is 424 g/mol. The molecule has 1 fully saturated rings. The van der Waals surface area contributed by atoms with Gasteiger partial charge in [-0.3, -0.25) is 0 Å². The lowest BCUT2D eigenvalue weighted by molar-refractivity contribution is 0.122. The van der Waals surface area contributed by atoms with Crippen molar-refractivity contribution in [2.45, 2.75) is 20.8 Å². The standard InChI is InChI=1S/C23H24N6O2S/c1-14-5-4-6-17(11-14)13-24-27-23-25-18-12-19(20-15(2)28-31-16(20)3)32-21(18)22(26-23)29-7-9-30-10-8-29/h4-6,11-13H,7-10H2,1-3H3,(H,25,26,27)/b24-13+. The lowest BCUT2D eigenvalue weighted by Crippen LogP contribution is -2.36. The second kappa shape index (κ2) is 8.68. The Morgan fingerprint density at radius 3 is 2.72 bits per heavy atom. The predicted molar refractivity (Wildman–Crippen MR) is 128 cm³/mol. The van der Waals surface area contributed by atoms with Gasteiger partial charge in [0.1, 0.15) is 5.76 Å². The van der Waals surface area contributed by atoms with Crippen LogP contribution in [0.4, 0.5) is 11.8 Å². The van der Waals surface area contributed by atoms with Gasteiger partial charge >= 0.3 is 0 Å². The van der Waals surface area contributed by atoms with Crippen molar-refractivity contribution in [3.05, 3.63) is 52.9 Å². The van der Waals surface area contributed by atoms with E-state index in [0.717, 1.165) is 56.6 Å². The SMILES string of the molecule is Cc1cccc(/C=N/Nc2nc(N3CCOCC3)c3sc(-c4c(C)noc4C)cc3n2)c1. The number of hydrogen-bond acceptors (Lipinski definition) is 9. The zero-order chi connectivity index (χ0) is 22.1. The molecular formula is C23H24N6O2S. The number of morpholine rings is 1. The average Bonchev–Trinajstić information content (AvgIpc) is 3.36. The van der Waals surface area contributed by atoms with Crippen LogP contribution < -0.4 is 10.3 Å². The first-order valence-electron chi connectivity index (χ1n) is 10.5. The summed E-state index contributed by atoms with van der Waals surface area (Å²) in [6, 6.07) is 10.2. The minimum Gasteiger partial charge on any atom is -0.378 e. The number of fused-ring (bicyclic) bond motifs is 1. The molecule has 32 heavy (non-hydrogen) atoms. The number of hydrogen-bond donors (Lipinski definition) is 1. The Morgan fingerprint density at radius 2 is 1.97 bits per heavy atom. The molecule has 0 bridgehead atoms. The largest absolute Gasteiger partial charge is 0.378 e.